The van der Waals surface area contributed by atoms with Crippen LogP contribution in [-0.2, 0) is 4.74 Å². The fraction of sp³-hybridized carbons (Fsp3) is 0.933. The monoisotopic (exact) mass is 301 g/mol. The molecule has 1 fully saturated rings. The molecule has 0 bridgehead atoms. The van der Waals surface area contributed by atoms with E-state index in [9.17, 15) is 0 Å². The normalized spacial score (nSPS) is 23.1. The Kier molecular flexibility index (Phi) is 9.10. The molecule has 5 heteroatoms. The first-order valence-electron chi connectivity index (χ1n) is 7.86. The minimum Gasteiger partial charge on any atom is -0.381 e. The van der Waals surface area contributed by atoms with E-state index in [4.69, 9.17) is 4.74 Å². The maximum absolute atomic E-state index is 5.54. The van der Waals surface area contributed by atoms with Crippen LogP contribution in [0.15, 0.2) is 4.99 Å². The molecule has 1 heterocycles. The number of unbranched alkanes of at least 4 members (excludes halogenated alkanes) is 1. The zero-order valence-corrected chi connectivity index (χ0v) is 14.2. The lowest BCUT2D eigenvalue weighted by atomic mass is 10.1. The van der Waals surface area contributed by atoms with Gasteiger partial charge in [0.15, 0.2) is 5.96 Å². The Hall–Kier alpha value is -0.420. The molecule has 0 saturated carbocycles. The standard InChI is InChI=1S/C15H31N3OS/c1-4-5-10-19-11-7-9-17-14(16-3)18-13-15(2)8-6-12-20-15/h4-13H2,1-3H3,(H2,16,17,18). The fourth-order valence-corrected chi connectivity index (χ4v) is 3.44. The first kappa shape index (κ1) is 17.6. The number of nitrogens with zero attached hydrogens (tertiary/aromatic N) is 1. The van der Waals surface area contributed by atoms with Crippen molar-refractivity contribution in [2.75, 3.05) is 39.1 Å². The van der Waals surface area contributed by atoms with E-state index in [1.165, 1.54) is 25.0 Å². The number of hydrogen-bond acceptors (Lipinski definition) is 3. The lowest BCUT2D eigenvalue weighted by Gasteiger charge is -2.24. The Morgan fingerprint density at radius 2 is 2.10 bits per heavy atom. The van der Waals surface area contributed by atoms with Crippen LogP contribution in [0.1, 0.15) is 46.0 Å². The van der Waals surface area contributed by atoms with Gasteiger partial charge in [-0.2, -0.15) is 11.8 Å². The second-order valence-electron chi connectivity index (χ2n) is 5.57. The molecule has 0 aliphatic carbocycles. The summed E-state index contributed by atoms with van der Waals surface area (Å²) >= 11 is 2.07. The summed E-state index contributed by atoms with van der Waals surface area (Å²) in [6, 6.07) is 0. The second-order valence-corrected chi connectivity index (χ2v) is 7.26. The van der Waals surface area contributed by atoms with E-state index >= 15 is 0 Å². The van der Waals surface area contributed by atoms with Gasteiger partial charge in [0, 0.05) is 38.1 Å². The second kappa shape index (κ2) is 10.3. The minimum absolute atomic E-state index is 0.376. The molecule has 1 saturated heterocycles. The Morgan fingerprint density at radius 3 is 2.75 bits per heavy atom. The van der Waals surface area contributed by atoms with Crippen LogP contribution in [0.25, 0.3) is 0 Å². The third kappa shape index (κ3) is 7.39. The van der Waals surface area contributed by atoms with Crippen molar-refractivity contribution in [2.24, 2.45) is 4.99 Å². The van der Waals surface area contributed by atoms with Crippen molar-refractivity contribution < 1.29 is 4.74 Å². The van der Waals surface area contributed by atoms with Crippen molar-refractivity contribution in [3.63, 3.8) is 0 Å². The van der Waals surface area contributed by atoms with Gasteiger partial charge in [0.05, 0.1) is 0 Å². The van der Waals surface area contributed by atoms with Gasteiger partial charge in [0.25, 0.3) is 0 Å². The first-order valence-corrected chi connectivity index (χ1v) is 8.85. The fourth-order valence-electron chi connectivity index (χ4n) is 2.20. The van der Waals surface area contributed by atoms with Gasteiger partial charge in [-0.15, -0.1) is 0 Å². The molecule has 2 N–H and O–H groups in total. The average Bonchev–Trinajstić information content (AvgIpc) is 2.88. The van der Waals surface area contributed by atoms with Crippen LogP contribution in [0.4, 0.5) is 0 Å². The lowest BCUT2D eigenvalue weighted by Crippen LogP contribution is -2.44. The molecule has 4 nitrogen and oxygen atoms in total. The third-order valence-electron chi connectivity index (χ3n) is 3.55. The molecule has 0 radical (unpaired) electrons. The minimum atomic E-state index is 0.376. The smallest absolute Gasteiger partial charge is 0.191 e. The molecule has 0 aromatic carbocycles. The molecular weight excluding hydrogens is 270 g/mol. The molecular formula is C15H31N3OS. The van der Waals surface area contributed by atoms with Crippen molar-refractivity contribution in [3.8, 4) is 0 Å². The van der Waals surface area contributed by atoms with E-state index in [2.05, 4.69) is 41.2 Å². The summed E-state index contributed by atoms with van der Waals surface area (Å²) in [5.74, 6) is 2.20. The zero-order valence-electron chi connectivity index (χ0n) is 13.3. The Balaban J connectivity index is 2.05. The van der Waals surface area contributed by atoms with Crippen molar-refractivity contribution in [1.29, 1.82) is 0 Å². The number of rotatable bonds is 9. The third-order valence-corrected chi connectivity index (χ3v) is 5.09. The number of aliphatic imine (C=N–C) groups is 1. The molecule has 0 aromatic rings. The summed E-state index contributed by atoms with van der Waals surface area (Å²) in [6.07, 6.45) is 6.02. The van der Waals surface area contributed by atoms with E-state index in [-0.39, 0.29) is 0 Å². The van der Waals surface area contributed by atoms with Crippen LogP contribution >= 0.6 is 11.8 Å². The number of nitrogens with one attached hydrogen (secondary N) is 2. The van der Waals surface area contributed by atoms with Gasteiger partial charge in [-0.25, -0.2) is 0 Å². The van der Waals surface area contributed by atoms with Gasteiger partial charge in [0.1, 0.15) is 0 Å². The number of thioether (sulfide) groups is 1. The van der Waals surface area contributed by atoms with Crippen molar-refractivity contribution in [1.82, 2.24) is 10.6 Å². The summed E-state index contributed by atoms with van der Waals surface area (Å²) in [5.41, 5.74) is 0. The van der Waals surface area contributed by atoms with Gasteiger partial charge in [-0.1, -0.05) is 13.3 Å². The Bertz CT molecular complexity index is 278. The number of hydrogen-bond donors (Lipinski definition) is 2. The van der Waals surface area contributed by atoms with Crippen LogP contribution in [0.2, 0.25) is 0 Å². The van der Waals surface area contributed by atoms with E-state index < -0.39 is 0 Å². The summed E-state index contributed by atoms with van der Waals surface area (Å²) in [5, 5.41) is 6.79. The summed E-state index contributed by atoms with van der Waals surface area (Å²) < 4.78 is 5.92. The molecule has 1 unspecified atom stereocenters. The van der Waals surface area contributed by atoms with Crippen molar-refractivity contribution >= 4 is 17.7 Å². The predicted octanol–water partition coefficient (Wildman–Crippen LogP) is 2.64. The first-order chi connectivity index (χ1) is 9.70. The highest BCUT2D eigenvalue weighted by atomic mass is 32.2. The molecule has 1 rings (SSSR count). The average molecular weight is 302 g/mol. The van der Waals surface area contributed by atoms with Crippen molar-refractivity contribution in [3.05, 3.63) is 0 Å². The summed E-state index contributed by atoms with van der Waals surface area (Å²) in [6.45, 7) is 8.15. The maximum atomic E-state index is 5.54. The van der Waals surface area contributed by atoms with Gasteiger partial charge in [-0.05, 0) is 38.4 Å². The highest BCUT2D eigenvalue weighted by molar-refractivity contribution is 8.00. The lowest BCUT2D eigenvalue weighted by molar-refractivity contribution is 0.129. The zero-order chi connectivity index (χ0) is 14.7. The molecule has 0 spiro atoms. The summed E-state index contributed by atoms with van der Waals surface area (Å²) in [7, 11) is 1.83. The van der Waals surface area contributed by atoms with E-state index in [1.54, 1.807) is 0 Å². The molecule has 20 heavy (non-hydrogen) atoms. The SMILES string of the molecule is CCCCOCCCNC(=NC)NCC1(C)CCCS1. The predicted molar refractivity (Wildman–Crippen MR) is 89.8 cm³/mol. The highest BCUT2D eigenvalue weighted by Gasteiger charge is 2.29. The summed E-state index contributed by atoms with van der Waals surface area (Å²) in [4.78, 5) is 4.27. The Morgan fingerprint density at radius 1 is 1.30 bits per heavy atom. The van der Waals surface area contributed by atoms with Crippen LogP contribution in [-0.4, -0.2) is 49.8 Å². The van der Waals surface area contributed by atoms with Crippen LogP contribution in [0, 0.1) is 0 Å². The topological polar surface area (TPSA) is 45.6 Å². The largest absolute Gasteiger partial charge is 0.381 e. The van der Waals surface area contributed by atoms with Gasteiger partial charge < -0.3 is 15.4 Å². The van der Waals surface area contributed by atoms with Crippen LogP contribution < -0.4 is 10.6 Å². The molecule has 0 amide bonds. The van der Waals surface area contributed by atoms with Gasteiger partial charge in [-0.3, -0.25) is 4.99 Å². The van der Waals surface area contributed by atoms with Crippen molar-refractivity contribution in [2.45, 2.75) is 50.7 Å². The van der Waals surface area contributed by atoms with Crippen LogP contribution in [0.5, 0.6) is 0 Å². The van der Waals surface area contributed by atoms with Gasteiger partial charge >= 0.3 is 0 Å². The molecule has 1 aliphatic rings. The van der Waals surface area contributed by atoms with E-state index in [1.807, 2.05) is 7.05 Å². The quantitative estimate of drug-likeness (QED) is 0.390. The number of guanidine groups is 1. The van der Waals surface area contributed by atoms with Gasteiger partial charge in [0.2, 0.25) is 0 Å². The molecule has 0 aromatic heterocycles. The van der Waals surface area contributed by atoms with Crippen LogP contribution in [0.3, 0.4) is 0 Å². The molecule has 118 valence electrons. The van der Waals surface area contributed by atoms with E-state index in [0.717, 1.165) is 45.1 Å². The maximum Gasteiger partial charge on any atom is 0.191 e. The molecule has 1 aliphatic heterocycles. The highest BCUT2D eigenvalue weighted by Crippen LogP contribution is 2.36. The van der Waals surface area contributed by atoms with E-state index in [0.29, 0.717) is 4.75 Å². The molecule has 1 atom stereocenters. The number of ether oxygens (including phenoxy) is 1. The Labute approximate surface area is 128 Å².